The average molecular weight is 485 g/mol. The number of esters is 1. The largest absolute Gasteiger partial charge is 0.464 e. The third-order valence-electron chi connectivity index (χ3n) is 3.69. The summed E-state index contributed by atoms with van der Waals surface area (Å²) in [7, 11) is 2.97. The third kappa shape index (κ3) is 4.50. The van der Waals surface area contributed by atoms with E-state index in [1.807, 2.05) is 0 Å². The van der Waals surface area contributed by atoms with Crippen LogP contribution in [-0.4, -0.2) is 35.6 Å². The lowest BCUT2D eigenvalue weighted by atomic mass is 10.2. The van der Waals surface area contributed by atoms with Crippen molar-refractivity contribution in [2.24, 2.45) is 7.05 Å². The van der Waals surface area contributed by atoms with Gasteiger partial charge in [-0.2, -0.15) is 13.2 Å². The van der Waals surface area contributed by atoms with E-state index in [4.69, 9.17) is 9.47 Å². The zero-order chi connectivity index (χ0) is 22.1. The van der Waals surface area contributed by atoms with E-state index in [-0.39, 0.29) is 25.4 Å². The van der Waals surface area contributed by atoms with Gasteiger partial charge in [0.05, 0.1) is 17.3 Å². The molecule has 0 fully saturated rings. The highest BCUT2D eigenvalue weighted by molar-refractivity contribution is 9.10. The molecular formula is C16H13BrF4N2O6. The number of rotatable bonds is 5. The Morgan fingerprint density at radius 3 is 2.31 bits per heavy atom. The maximum Gasteiger partial charge on any atom is 0.431 e. The second-order valence-electron chi connectivity index (χ2n) is 5.49. The average Bonchev–Trinajstić information content (AvgIpc) is 2.63. The molecule has 1 aromatic heterocycles. The van der Waals surface area contributed by atoms with E-state index in [9.17, 15) is 31.9 Å². The number of nitrogens with zero attached hydrogens (tertiary/aromatic N) is 2. The van der Waals surface area contributed by atoms with Crippen molar-refractivity contribution in [1.29, 1.82) is 0 Å². The second kappa shape index (κ2) is 8.37. The maximum atomic E-state index is 14.4. The first-order valence-electron chi connectivity index (χ1n) is 7.59. The van der Waals surface area contributed by atoms with Crippen LogP contribution in [-0.2, 0) is 27.5 Å². The van der Waals surface area contributed by atoms with Crippen LogP contribution in [0.25, 0.3) is 5.69 Å². The Bertz CT molecular complexity index is 1060. The number of hydrogen-bond donors (Lipinski definition) is 0. The lowest BCUT2D eigenvalue weighted by Crippen LogP contribution is -2.41. The molecule has 0 saturated heterocycles. The Balaban J connectivity index is 2.68. The molecule has 0 radical (unpaired) electrons. The maximum absolute atomic E-state index is 14.4. The number of halogens is 5. The van der Waals surface area contributed by atoms with E-state index < -0.39 is 46.9 Å². The highest BCUT2D eigenvalue weighted by Gasteiger charge is 2.35. The molecular weight excluding hydrogens is 472 g/mol. The number of hydrogen-bond acceptors (Lipinski definition) is 6. The van der Waals surface area contributed by atoms with Gasteiger partial charge in [-0.3, -0.25) is 9.36 Å². The number of methoxy groups -OCH3 is 2. The Kier molecular flexibility index (Phi) is 6.53. The lowest BCUT2D eigenvalue weighted by molar-refractivity contribution is -0.170. The van der Waals surface area contributed by atoms with E-state index >= 15 is 0 Å². The van der Waals surface area contributed by atoms with Gasteiger partial charge in [0, 0.05) is 26.3 Å². The van der Waals surface area contributed by atoms with Crippen LogP contribution >= 0.6 is 15.9 Å². The summed E-state index contributed by atoms with van der Waals surface area (Å²) >= 11 is 2.98. The lowest BCUT2D eigenvalue weighted by Gasteiger charge is -2.18. The first-order chi connectivity index (χ1) is 13.4. The standard InChI is InChI=1S/C16H13BrF4N2O6/c1-22-11(16(19,20)21)6-12(24)23(15(22)26)9-5-10(7(17)4-8(9)18)29-14(28-3)13(25)27-2/h4-6,14H,1-3H3. The summed E-state index contributed by atoms with van der Waals surface area (Å²) in [6.07, 6.45) is -6.54. The van der Waals surface area contributed by atoms with Crippen LogP contribution < -0.4 is 16.0 Å². The van der Waals surface area contributed by atoms with Gasteiger partial charge in [0.15, 0.2) is 0 Å². The molecule has 1 aromatic carbocycles. The Morgan fingerprint density at radius 2 is 1.79 bits per heavy atom. The van der Waals surface area contributed by atoms with E-state index in [2.05, 4.69) is 20.7 Å². The van der Waals surface area contributed by atoms with Gasteiger partial charge >= 0.3 is 17.8 Å². The number of ether oxygens (including phenoxy) is 3. The van der Waals surface area contributed by atoms with Gasteiger partial charge in [-0.15, -0.1) is 0 Å². The van der Waals surface area contributed by atoms with Gasteiger partial charge in [-0.25, -0.2) is 18.5 Å². The van der Waals surface area contributed by atoms with E-state index in [0.29, 0.717) is 0 Å². The molecule has 158 valence electrons. The minimum atomic E-state index is -4.97. The molecule has 0 bridgehead atoms. The summed E-state index contributed by atoms with van der Waals surface area (Å²) in [4.78, 5) is 36.1. The quantitative estimate of drug-likeness (QED) is 0.366. The Labute approximate surface area is 168 Å². The molecule has 0 amide bonds. The molecule has 0 aliphatic rings. The van der Waals surface area contributed by atoms with Crippen molar-refractivity contribution in [2.45, 2.75) is 12.5 Å². The molecule has 0 saturated carbocycles. The molecule has 29 heavy (non-hydrogen) atoms. The zero-order valence-electron chi connectivity index (χ0n) is 15.0. The second-order valence-corrected chi connectivity index (χ2v) is 6.34. The van der Waals surface area contributed by atoms with Crippen molar-refractivity contribution in [1.82, 2.24) is 9.13 Å². The SMILES string of the molecule is COC(=O)C(OC)Oc1cc(-n2c(=O)cc(C(F)(F)F)n(C)c2=O)c(F)cc1Br. The summed E-state index contributed by atoms with van der Waals surface area (Å²) < 4.78 is 68.2. The van der Waals surface area contributed by atoms with Crippen molar-refractivity contribution in [3.63, 3.8) is 0 Å². The van der Waals surface area contributed by atoms with Crippen molar-refractivity contribution in [2.75, 3.05) is 14.2 Å². The molecule has 1 unspecified atom stereocenters. The number of carbonyl (C=O) groups is 1. The molecule has 8 nitrogen and oxygen atoms in total. The van der Waals surface area contributed by atoms with Crippen LogP contribution in [0.15, 0.2) is 32.3 Å². The first-order valence-corrected chi connectivity index (χ1v) is 8.38. The number of carbonyl (C=O) groups excluding carboxylic acids is 1. The molecule has 2 rings (SSSR count). The van der Waals surface area contributed by atoms with E-state index in [0.717, 1.165) is 33.4 Å². The fourth-order valence-corrected chi connectivity index (χ4v) is 2.71. The summed E-state index contributed by atoms with van der Waals surface area (Å²) in [5.41, 5.74) is -5.04. The molecule has 0 N–H and O–H groups in total. The molecule has 2 aromatic rings. The zero-order valence-corrected chi connectivity index (χ0v) is 16.6. The highest BCUT2D eigenvalue weighted by Crippen LogP contribution is 2.31. The van der Waals surface area contributed by atoms with Crippen LogP contribution in [0.2, 0.25) is 0 Å². The van der Waals surface area contributed by atoms with Crippen molar-refractivity contribution < 1.29 is 36.6 Å². The summed E-state index contributed by atoms with van der Waals surface area (Å²) in [5, 5.41) is 0. The molecule has 0 aliphatic carbocycles. The molecule has 1 heterocycles. The van der Waals surface area contributed by atoms with E-state index in [1.165, 1.54) is 0 Å². The number of aromatic nitrogens is 2. The molecule has 0 spiro atoms. The van der Waals surface area contributed by atoms with Crippen molar-refractivity contribution in [3.05, 3.63) is 55.0 Å². The number of benzene rings is 1. The van der Waals surface area contributed by atoms with E-state index in [1.54, 1.807) is 0 Å². The van der Waals surface area contributed by atoms with Gasteiger partial charge < -0.3 is 14.2 Å². The predicted molar refractivity (Wildman–Crippen MR) is 93.4 cm³/mol. The van der Waals surface area contributed by atoms with Crippen LogP contribution in [0, 0.1) is 5.82 Å². The smallest absolute Gasteiger partial charge is 0.431 e. The monoisotopic (exact) mass is 484 g/mol. The van der Waals surface area contributed by atoms with Crippen LogP contribution in [0.5, 0.6) is 5.75 Å². The van der Waals surface area contributed by atoms with Gasteiger partial charge in [-0.1, -0.05) is 0 Å². The Hall–Kier alpha value is -2.67. The van der Waals surface area contributed by atoms with Crippen molar-refractivity contribution >= 4 is 21.9 Å². The fraction of sp³-hybridized carbons (Fsp3) is 0.312. The first kappa shape index (κ1) is 22.6. The highest BCUT2D eigenvalue weighted by atomic mass is 79.9. The normalized spacial score (nSPS) is 12.6. The van der Waals surface area contributed by atoms with Crippen LogP contribution in [0.4, 0.5) is 17.6 Å². The summed E-state index contributed by atoms with van der Waals surface area (Å²) in [6.45, 7) is 0. The molecule has 0 aliphatic heterocycles. The molecule has 1 atom stereocenters. The van der Waals surface area contributed by atoms with Crippen molar-refractivity contribution in [3.8, 4) is 11.4 Å². The number of alkyl halides is 3. The summed E-state index contributed by atoms with van der Waals surface area (Å²) in [5.74, 6) is -2.30. The van der Waals surface area contributed by atoms with Gasteiger partial charge in [0.25, 0.3) is 11.8 Å². The Morgan fingerprint density at radius 1 is 1.17 bits per heavy atom. The van der Waals surface area contributed by atoms with Gasteiger partial charge in [0.2, 0.25) is 0 Å². The molecule has 13 heteroatoms. The van der Waals surface area contributed by atoms with Gasteiger partial charge in [-0.05, 0) is 22.0 Å². The minimum absolute atomic E-state index is 0.0264. The van der Waals surface area contributed by atoms with Crippen LogP contribution in [0.3, 0.4) is 0 Å². The van der Waals surface area contributed by atoms with Crippen LogP contribution in [0.1, 0.15) is 5.69 Å². The third-order valence-corrected chi connectivity index (χ3v) is 4.31. The minimum Gasteiger partial charge on any atom is -0.464 e. The summed E-state index contributed by atoms with van der Waals surface area (Å²) in [6, 6.07) is 1.82. The topological polar surface area (TPSA) is 88.8 Å². The van der Waals surface area contributed by atoms with Gasteiger partial charge in [0.1, 0.15) is 17.3 Å². The predicted octanol–water partition coefficient (Wildman–Crippen LogP) is 1.98. The fourth-order valence-electron chi connectivity index (χ4n) is 2.30.